The zero-order valence-electron chi connectivity index (χ0n) is 11.1. The molecule has 0 aliphatic carbocycles. The van der Waals surface area contributed by atoms with E-state index in [1.54, 1.807) is 0 Å². The molecular formula is C15H24N2. The van der Waals surface area contributed by atoms with Gasteiger partial charge in [-0.15, -0.1) is 0 Å². The predicted molar refractivity (Wildman–Crippen MR) is 73.3 cm³/mol. The SMILES string of the molecule is CCC[C@@H](c1cccc(C)c1)N1CCNCC1. The van der Waals surface area contributed by atoms with Crippen molar-refractivity contribution in [3.63, 3.8) is 0 Å². The van der Waals surface area contributed by atoms with Crippen LogP contribution in [0.4, 0.5) is 0 Å². The number of piperazine rings is 1. The molecule has 1 heterocycles. The number of nitrogens with zero attached hydrogens (tertiary/aromatic N) is 1. The summed E-state index contributed by atoms with van der Waals surface area (Å²) in [5.74, 6) is 0. The molecule has 0 saturated carbocycles. The van der Waals surface area contributed by atoms with Crippen molar-refractivity contribution in [2.75, 3.05) is 26.2 Å². The summed E-state index contributed by atoms with van der Waals surface area (Å²) < 4.78 is 0. The molecule has 1 aliphatic heterocycles. The molecule has 0 spiro atoms. The summed E-state index contributed by atoms with van der Waals surface area (Å²) in [7, 11) is 0. The van der Waals surface area contributed by atoms with Crippen LogP contribution >= 0.6 is 0 Å². The molecule has 94 valence electrons. The molecule has 0 aromatic heterocycles. The predicted octanol–water partition coefficient (Wildman–Crippen LogP) is 2.74. The molecule has 0 radical (unpaired) electrons. The lowest BCUT2D eigenvalue weighted by Crippen LogP contribution is -2.45. The van der Waals surface area contributed by atoms with Crippen molar-refractivity contribution in [2.45, 2.75) is 32.7 Å². The summed E-state index contributed by atoms with van der Waals surface area (Å²) in [6, 6.07) is 9.62. The molecule has 2 nitrogen and oxygen atoms in total. The third-order valence-electron chi connectivity index (χ3n) is 3.58. The minimum atomic E-state index is 0.613. The summed E-state index contributed by atoms with van der Waals surface area (Å²) in [4.78, 5) is 2.63. The van der Waals surface area contributed by atoms with Crippen LogP contribution in [0.3, 0.4) is 0 Å². The van der Waals surface area contributed by atoms with Crippen LogP contribution in [0.1, 0.15) is 36.9 Å². The van der Waals surface area contributed by atoms with Crippen LogP contribution in [0.2, 0.25) is 0 Å². The van der Waals surface area contributed by atoms with Crippen LogP contribution in [0.25, 0.3) is 0 Å². The lowest BCUT2D eigenvalue weighted by molar-refractivity contribution is 0.164. The molecule has 1 atom stereocenters. The van der Waals surface area contributed by atoms with Gasteiger partial charge >= 0.3 is 0 Å². The zero-order chi connectivity index (χ0) is 12.1. The van der Waals surface area contributed by atoms with Gasteiger partial charge in [0, 0.05) is 32.2 Å². The lowest BCUT2D eigenvalue weighted by Gasteiger charge is -2.35. The van der Waals surface area contributed by atoms with Crippen LogP contribution in [-0.2, 0) is 0 Å². The Labute approximate surface area is 105 Å². The fourth-order valence-corrected chi connectivity index (χ4v) is 2.70. The Balaban J connectivity index is 2.15. The molecule has 1 saturated heterocycles. The Morgan fingerprint density at radius 1 is 1.29 bits per heavy atom. The number of rotatable bonds is 4. The van der Waals surface area contributed by atoms with Gasteiger partial charge in [0.2, 0.25) is 0 Å². The van der Waals surface area contributed by atoms with Gasteiger partial charge in [0.05, 0.1) is 0 Å². The van der Waals surface area contributed by atoms with E-state index in [-0.39, 0.29) is 0 Å². The minimum Gasteiger partial charge on any atom is -0.314 e. The molecule has 1 aromatic carbocycles. The zero-order valence-corrected chi connectivity index (χ0v) is 11.1. The molecule has 1 fully saturated rings. The first-order valence-corrected chi connectivity index (χ1v) is 6.82. The van der Waals surface area contributed by atoms with Gasteiger partial charge in [-0.05, 0) is 18.9 Å². The van der Waals surface area contributed by atoms with Gasteiger partial charge in [-0.1, -0.05) is 43.2 Å². The fourth-order valence-electron chi connectivity index (χ4n) is 2.70. The van der Waals surface area contributed by atoms with Gasteiger partial charge in [0.25, 0.3) is 0 Å². The fraction of sp³-hybridized carbons (Fsp3) is 0.600. The van der Waals surface area contributed by atoms with Crippen molar-refractivity contribution in [1.82, 2.24) is 10.2 Å². The van der Waals surface area contributed by atoms with E-state index in [0.717, 1.165) is 13.1 Å². The highest BCUT2D eigenvalue weighted by Gasteiger charge is 2.21. The number of aryl methyl sites for hydroxylation is 1. The first-order valence-electron chi connectivity index (χ1n) is 6.82. The molecule has 1 N–H and O–H groups in total. The second kappa shape index (κ2) is 6.18. The standard InChI is InChI=1S/C15H24N2/c1-3-5-15(17-10-8-16-9-11-17)14-7-4-6-13(2)12-14/h4,6-7,12,15-16H,3,5,8-11H2,1-2H3/t15-/m0/s1. The molecular weight excluding hydrogens is 208 g/mol. The van der Waals surface area contributed by atoms with E-state index in [1.165, 1.54) is 37.1 Å². The summed E-state index contributed by atoms with van der Waals surface area (Å²) in [6.45, 7) is 9.09. The summed E-state index contributed by atoms with van der Waals surface area (Å²) in [6.07, 6.45) is 2.52. The van der Waals surface area contributed by atoms with E-state index in [2.05, 4.69) is 48.3 Å². The average molecular weight is 232 g/mol. The smallest absolute Gasteiger partial charge is 0.0349 e. The van der Waals surface area contributed by atoms with E-state index in [1.807, 2.05) is 0 Å². The number of hydrogen-bond donors (Lipinski definition) is 1. The van der Waals surface area contributed by atoms with E-state index in [4.69, 9.17) is 0 Å². The largest absolute Gasteiger partial charge is 0.314 e. The van der Waals surface area contributed by atoms with Crippen LogP contribution in [-0.4, -0.2) is 31.1 Å². The Kier molecular flexibility index (Phi) is 4.57. The quantitative estimate of drug-likeness (QED) is 0.858. The third kappa shape index (κ3) is 3.30. The molecule has 0 unspecified atom stereocenters. The normalized spacial score (nSPS) is 19.2. The van der Waals surface area contributed by atoms with Crippen LogP contribution in [0, 0.1) is 6.92 Å². The first-order chi connectivity index (χ1) is 8.31. The van der Waals surface area contributed by atoms with Gasteiger partial charge < -0.3 is 5.32 Å². The van der Waals surface area contributed by atoms with Gasteiger partial charge in [-0.2, -0.15) is 0 Å². The number of nitrogens with one attached hydrogen (secondary N) is 1. The van der Waals surface area contributed by atoms with Gasteiger partial charge in [0.1, 0.15) is 0 Å². The van der Waals surface area contributed by atoms with Gasteiger partial charge in [-0.3, -0.25) is 4.90 Å². The summed E-state index contributed by atoms with van der Waals surface area (Å²) in [5.41, 5.74) is 2.87. The maximum Gasteiger partial charge on any atom is 0.0349 e. The maximum atomic E-state index is 3.43. The van der Waals surface area contributed by atoms with E-state index in [9.17, 15) is 0 Å². The number of hydrogen-bond acceptors (Lipinski definition) is 2. The van der Waals surface area contributed by atoms with Crippen molar-refractivity contribution < 1.29 is 0 Å². The van der Waals surface area contributed by atoms with Gasteiger partial charge in [0.15, 0.2) is 0 Å². The van der Waals surface area contributed by atoms with Crippen molar-refractivity contribution in [2.24, 2.45) is 0 Å². The summed E-state index contributed by atoms with van der Waals surface area (Å²) >= 11 is 0. The number of benzene rings is 1. The van der Waals surface area contributed by atoms with Crippen molar-refractivity contribution in [1.29, 1.82) is 0 Å². The van der Waals surface area contributed by atoms with Crippen LogP contribution in [0.15, 0.2) is 24.3 Å². The highest BCUT2D eigenvalue weighted by molar-refractivity contribution is 5.25. The highest BCUT2D eigenvalue weighted by Crippen LogP contribution is 2.26. The van der Waals surface area contributed by atoms with Crippen LogP contribution in [0.5, 0.6) is 0 Å². The minimum absolute atomic E-state index is 0.613. The molecule has 2 heteroatoms. The molecule has 2 rings (SSSR count). The van der Waals surface area contributed by atoms with Crippen LogP contribution < -0.4 is 5.32 Å². The molecule has 1 aromatic rings. The second-order valence-corrected chi connectivity index (χ2v) is 5.00. The van der Waals surface area contributed by atoms with E-state index < -0.39 is 0 Å². The Hall–Kier alpha value is -0.860. The molecule has 0 amide bonds. The maximum absolute atomic E-state index is 3.43. The molecule has 0 bridgehead atoms. The summed E-state index contributed by atoms with van der Waals surface area (Å²) in [5, 5.41) is 3.43. The lowest BCUT2D eigenvalue weighted by atomic mass is 9.98. The van der Waals surface area contributed by atoms with Crippen molar-refractivity contribution in [3.05, 3.63) is 35.4 Å². The molecule has 1 aliphatic rings. The Bertz CT molecular complexity index is 343. The Morgan fingerprint density at radius 3 is 2.71 bits per heavy atom. The third-order valence-corrected chi connectivity index (χ3v) is 3.58. The van der Waals surface area contributed by atoms with Gasteiger partial charge in [-0.25, -0.2) is 0 Å². The second-order valence-electron chi connectivity index (χ2n) is 5.00. The monoisotopic (exact) mass is 232 g/mol. The van der Waals surface area contributed by atoms with E-state index >= 15 is 0 Å². The van der Waals surface area contributed by atoms with E-state index in [0.29, 0.717) is 6.04 Å². The van der Waals surface area contributed by atoms with Crippen molar-refractivity contribution >= 4 is 0 Å². The topological polar surface area (TPSA) is 15.3 Å². The average Bonchev–Trinajstić information content (AvgIpc) is 2.37. The Morgan fingerprint density at radius 2 is 2.06 bits per heavy atom. The molecule has 17 heavy (non-hydrogen) atoms. The highest BCUT2D eigenvalue weighted by atomic mass is 15.2. The van der Waals surface area contributed by atoms with Crippen molar-refractivity contribution in [3.8, 4) is 0 Å². The first kappa shape index (κ1) is 12.6.